The van der Waals surface area contributed by atoms with E-state index in [9.17, 15) is 5.11 Å². The molecular formula is C10H12Cl2O2S. The molecule has 0 aliphatic heterocycles. The molecule has 0 spiro atoms. The maximum Gasteiger partial charge on any atom is 0.152 e. The van der Waals surface area contributed by atoms with E-state index in [0.717, 1.165) is 10.6 Å². The smallest absolute Gasteiger partial charge is 0.152 e. The summed E-state index contributed by atoms with van der Waals surface area (Å²) < 4.78 is 0. The number of aliphatic hydroxyl groups excluding tert-OH is 1. The number of aromatic hydroxyl groups is 1. The van der Waals surface area contributed by atoms with Gasteiger partial charge in [-0.05, 0) is 25.5 Å². The van der Waals surface area contributed by atoms with Crippen LogP contribution in [-0.2, 0) is 0 Å². The van der Waals surface area contributed by atoms with Crippen molar-refractivity contribution in [3.8, 4) is 5.75 Å². The topological polar surface area (TPSA) is 40.5 Å². The van der Waals surface area contributed by atoms with Crippen LogP contribution in [0.5, 0.6) is 5.75 Å². The van der Waals surface area contributed by atoms with Gasteiger partial charge in [0.05, 0.1) is 16.1 Å². The van der Waals surface area contributed by atoms with Crippen LogP contribution in [0.2, 0.25) is 10.0 Å². The molecule has 0 amide bonds. The summed E-state index contributed by atoms with van der Waals surface area (Å²) in [6, 6.07) is 3.32. The molecule has 2 nitrogen and oxygen atoms in total. The number of phenolic OH excluding ortho intramolecular Hbond substituents is 1. The Hall–Kier alpha value is -0.0900. The monoisotopic (exact) mass is 266 g/mol. The summed E-state index contributed by atoms with van der Waals surface area (Å²) in [6.45, 7) is 1.75. The number of phenols is 1. The lowest BCUT2D eigenvalue weighted by atomic mass is 10.3. The summed E-state index contributed by atoms with van der Waals surface area (Å²) in [5.41, 5.74) is 0. The predicted molar refractivity (Wildman–Crippen MR) is 65.1 cm³/mol. The Bertz CT molecular complexity index is 319. The summed E-state index contributed by atoms with van der Waals surface area (Å²) >= 11 is 13.1. The second-order valence-electron chi connectivity index (χ2n) is 3.22. The Morgan fingerprint density at radius 1 is 1.33 bits per heavy atom. The fraction of sp³-hybridized carbons (Fsp3) is 0.400. The number of aliphatic hydroxyl groups is 1. The lowest BCUT2D eigenvalue weighted by Crippen LogP contribution is -2.00. The molecule has 0 bridgehead atoms. The zero-order valence-corrected chi connectivity index (χ0v) is 10.5. The van der Waals surface area contributed by atoms with Crippen molar-refractivity contribution in [2.75, 3.05) is 5.75 Å². The van der Waals surface area contributed by atoms with Gasteiger partial charge in [-0.2, -0.15) is 0 Å². The van der Waals surface area contributed by atoms with Crippen molar-refractivity contribution in [1.82, 2.24) is 0 Å². The first-order valence-corrected chi connectivity index (χ1v) is 6.23. The first-order valence-electron chi connectivity index (χ1n) is 4.49. The Kier molecular flexibility index (Phi) is 5.06. The Balaban J connectivity index is 2.63. The minimum absolute atomic E-state index is 0.0850. The van der Waals surface area contributed by atoms with Crippen molar-refractivity contribution in [3.05, 3.63) is 22.2 Å². The number of halogens is 2. The van der Waals surface area contributed by atoms with Crippen molar-refractivity contribution in [1.29, 1.82) is 0 Å². The minimum atomic E-state index is -0.305. The minimum Gasteiger partial charge on any atom is -0.505 e. The fourth-order valence-electron chi connectivity index (χ4n) is 0.973. The number of hydrogen-bond donors (Lipinski definition) is 2. The van der Waals surface area contributed by atoms with Crippen molar-refractivity contribution in [3.63, 3.8) is 0 Å². The maximum atomic E-state index is 9.33. The molecule has 2 N–H and O–H groups in total. The van der Waals surface area contributed by atoms with Gasteiger partial charge in [-0.1, -0.05) is 23.2 Å². The highest BCUT2D eigenvalue weighted by Crippen LogP contribution is 2.36. The average Bonchev–Trinajstić information content (AvgIpc) is 2.13. The molecule has 1 aromatic carbocycles. The zero-order valence-electron chi connectivity index (χ0n) is 8.20. The fourth-order valence-corrected chi connectivity index (χ4v) is 2.69. The highest BCUT2D eigenvalue weighted by molar-refractivity contribution is 7.99. The Labute approximate surface area is 103 Å². The molecule has 0 radical (unpaired) electrons. The van der Waals surface area contributed by atoms with Crippen LogP contribution in [0.15, 0.2) is 17.0 Å². The maximum absolute atomic E-state index is 9.33. The van der Waals surface area contributed by atoms with Gasteiger partial charge >= 0.3 is 0 Å². The third-order valence-electron chi connectivity index (χ3n) is 1.79. The van der Waals surface area contributed by atoms with Gasteiger partial charge in [0, 0.05) is 10.6 Å². The number of thioether (sulfide) groups is 1. The summed E-state index contributed by atoms with van der Waals surface area (Å²) in [4.78, 5) is 0.892. The van der Waals surface area contributed by atoms with E-state index in [1.807, 2.05) is 0 Å². The molecule has 0 aliphatic carbocycles. The SMILES string of the molecule is CC(O)CCSc1cc(Cl)c(O)c(Cl)c1. The van der Waals surface area contributed by atoms with Crippen LogP contribution < -0.4 is 0 Å². The van der Waals surface area contributed by atoms with Crippen molar-refractivity contribution < 1.29 is 10.2 Å². The van der Waals surface area contributed by atoms with Gasteiger partial charge in [-0.3, -0.25) is 0 Å². The highest BCUT2D eigenvalue weighted by atomic mass is 35.5. The number of benzene rings is 1. The molecule has 0 saturated heterocycles. The predicted octanol–water partition coefficient (Wildman–Crippen LogP) is 3.56. The molecule has 0 aliphatic rings. The second-order valence-corrected chi connectivity index (χ2v) is 5.20. The van der Waals surface area contributed by atoms with E-state index in [1.165, 1.54) is 0 Å². The largest absolute Gasteiger partial charge is 0.505 e. The molecule has 1 aromatic rings. The highest BCUT2D eigenvalue weighted by Gasteiger charge is 2.07. The van der Waals surface area contributed by atoms with Gasteiger partial charge in [0.2, 0.25) is 0 Å². The molecule has 1 atom stereocenters. The van der Waals surface area contributed by atoms with Crippen LogP contribution in [0.25, 0.3) is 0 Å². The average molecular weight is 267 g/mol. The van der Waals surface area contributed by atoms with Crippen molar-refractivity contribution in [2.45, 2.75) is 24.3 Å². The van der Waals surface area contributed by atoms with Crippen LogP contribution in [0.4, 0.5) is 0 Å². The van der Waals surface area contributed by atoms with Gasteiger partial charge in [0.25, 0.3) is 0 Å². The van der Waals surface area contributed by atoms with E-state index in [-0.39, 0.29) is 21.9 Å². The molecule has 1 unspecified atom stereocenters. The second kappa shape index (κ2) is 5.85. The van der Waals surface area contributed by atoms with Crippen LogP contribution in [0.1, 0.15) is 13.3 Å². The van der Waals surface area contributed by atoms with Crippen molar-refractivity contribution in [2.24, 2.45) is 0 Å². The molecule has 5 heteroatoms. The van der Waals surface area contributed by atoms with Gasteiger partial charge in [-0.25, -0.2) is 0 Å². The summed E-state index contributed by atoms with van der Waals surface area (Å²) in [5, 5.41) is 18.9. The molecule has 0 fully saturated rings. The van der Waals surface area contributed by atoms with E-state index in [2.05, 4.69) is 0 Å². The molecule has 15 heavy (non-hydrogen) atoms. The normalized spacial score (nSPS) is 12.8. The molecule has 0 saturated carbocycles. The third-order valence-corrected chi connectivity index (χ3v) is 3.38. The summed E-state index contributed by atoms with van der Waals surface area (Å²) in [5.74, 6) is 0.702. The number of hydrogen-bond acceptors (Lipinski definition) is 3. The standard InChI is InChI=1S/C10H12Cl2O2S/c1-6(13)2-3-15-7-4-8(11)10(14)9(12)5-7/h4-6,13-14H,2-3H2,1H3. The first kappa shape index (κ1) is 13.0. The Morgan fingerprint density at radius 2 is 1.87 bits per heavy atom. The van der Waals surface area contributed by atoms with E-state index >= 15 is 0 Å². The van der Waals surface area contributed by atoms with Gasteiger partial charge < -0.3 is 10.2 Å². The van der Waals surface area contributed by atoms with Gasteiger partial charge in [-0.15, -0.1) is 11.8 Å². The van der Waals surface area contributed by atoms with E-state index < -0.39 is 0 Å². The molecular weight excluding hydrogens is 255 g/mol. The van der Waals surface area contributed by atoms with Crippen molar-refractivity contribution >= 4 is 35.0 Å². The lowest BCUT2D eigenvalue weighted by Gasteiger charge is -2.06. The van der Waals surface area contributed by atoms with Gasteiger partial charge in [0.1, 0.15) is 0 Å². The van der Waals surface area contributed by atoms with Gasteiger partial charge in [0.15, 0.2) is 5.75 Å². The molecule has 0 aromatic heterocycles. The number of rotatable bonds is 4. The quantitative estimate of drug-likeness (QED) is 0.819. The summed E-state index contributed by atoms with van der Waals surface area (Å²) in [6.07, 6.45) is 0.404. The Morgan fingerprint density at radius 3 is 2.33 bits per heavy atom. The van der Waals surface area contributed by atoms with Crippen LogP contribution in [0, 0.1) is 0 Å². The lowest BCUT2D eigenvalue weighted by molar-refractivity contribution is 0.192. The van der Waals surface area contributed by atoms with E-state index in [1.54, 1.807) is 30.8 Å². The third kappa shape index (κ3) is 4.11. The molecule has 0 heterocycles. The first-order chi connectivity index (χ1) is 7.00. The zero-order chi connectivity index (χ0) is 11.4. The molecule has 84 valence electrons. The van der Waals surface area contributed by atoms with Crippen LogP contribution in [-0.4, -0.2) is 22.1 Å². The van der Waals surface area contributed by atoms with Crippen LogP contribution in [0.3, 0.4) is 0 Å². The summed E-state index contributed by atoms with van der Waals surface area (Å²) in [7, 11) is 0. The van der Waals surface area contributed by atoms with E-state index in [0.29, 0.717) is 6.42 Å². The van der Waals surface area contributed by atoms with Crippen LogP contribution >= 0.6 is 35.0 Å². The molecule has 1 rings (SSSR count). The van der Waals surface area contributed by atoms with E-state index in [4.69, 9.17) is 28.3 Å².